The van der Waals surface area contributed by atoms with Gasteiger partial charge in [-0.1, -0.05) is 11.8 Å². The Morgan fingerprint density at radius 2 is 2.21 bits per heavy atom. The van der Waals surface area contributed by atoms with Crippen molar-refractivity contribution in [3.63, 3.8) is 0 Å². The predicted octanol–water partition coefficient (Wildman–Crippen LogP) is 3.60. The average molecular weight is 419 g/mol. The molecule has 3 rings (SSSR count). The van der Waals surface area contributed by atoms with E-state index in [9.17, 15) is 9.59 Å². The molecule has 0 aliphatic carbocycles. The monoisotopic (exact) mass is 418 g/mol. The van der Waals surface area contributed by atoms with E-state index in [1.54, 1.807) is 37.4 Å². The number of ether oxygens (including phenoxy) is 1. The standard InChI is InChI=1S/C18H18N4O4S2/c1-3-25-17(24)15-11(12-5-4-6-26-12)8-27-16(15)22-14(23)9-28-18-20-10(2)7-13(19)21-18/h4-8H,3,9H2,1-2H3,(H,22,23)(H2,19,20,21). The number of nitrogens with two attached hydrogens (primary N) is 1. The van der Waals surface area contributed by atoms with Gasteiger partial charge in [0, 0.05) is 22.7 Å². The van der Waals surface area contributed by atoms with Gasteiger partial charge in [0.2, 0.25) is 5.91 Å². The summed E-state index contributed by atoms with van der Waals surface area (Å²) >= 11 is 2.39. The summed E-state index contributed by atoms with van der Waals surface area (Å²) in [5, 5.41) is 5.33. The Labute approximate surface area is 169 Å². The third kappa shape index (κ3) is 4.70. The first-order valence-electron chi connectivity index (χ1n) is 8.34. The minimum absolute atomic E-state index is 0.0686. The Bertz CT molecular complexity index is 965. The number of furan rings is 1. The zero-order chi connectivity index (χ0) is 20.1. The molecule has 1 amide bonds. The van der Waals surface area contributed by atoms with Crippen LogP contribution < -0.4 is 11.1 Å². The minimum atomic E-state index is -0.520. The minimum Gasteiger partial charge on any atom is -0.464 e. The van der Waals surface area contributed by atoms with Crippen molar-refractivity contribution in [1.82, 2.24) is 9.97 Å². The lowest BCUT2D eigenvalue weighted by Gasteiger charge is -2.08. The van der Waals surface area contributed by atoms with Gasteiger partial charge in [0.05, 0.1) is 18.6 Å². The average Bonchev–Trinajstić information content (AvgIpc) is 3.29. The highest BCUT2D eigenvalue weighted by Gasteiger charge is 2.24. The van der Waals surface area contributed by atoms with E-state index in [-0.39, 0.29) is 23.8 Å². The lowest BCUT2D eigenvalue weighted by atomic mass is 10.1. The molecular formula is C18H18N4O4S2. The molecular weight excluding hydrogens is 400 g/mol. The first kappa shape index (κ1) is 19.9. The van der Waals surface area contributed by atoms with Crippen molar-refractivity contribution in [3.05, 3.63) is 41.1 Å². The molecule has 3 aromatic rings. The molecule has 0 unspecified atom stereocenters. The fourth-order valence-corrected chi connectivity index (χ4v) is 4.06. The van der Waals surface area contributed by atoms with Crippen molar-refractivity contribution in [2.75, 3.05) is 23.4 Å². The van der Waals surface area contributed by atoms with Crippen LogP contribution in [-0.4, -0.2) is 34.2 Å². The zero-order valence-electron chi connectivity index (χ0n) is 15.2. The van der Waals surface area contributed by atoms with Crippen molar-refractivity contribution in [1.29, 1.82) is 0 Å². The van der Waals surface area contributed by atoms with E-state index in [0.717, 1.165) is 17.5 Å². The van der Waals surface area contributed by atoms with Crippen LogP contribution in [0.3, 0.4) is 0 Å². The van der Waals surface area contributed by atoms with Gasteiger partial charge in [-0.3, -0.25) is 4.79 Å². The summed E-state index contributed by atoms with van der Waals surface area (Å²) in [6, 6.07) is 5.12. The summed E-state index contributed by atoms with van der Waals surface area (Å²) in [4.78, 5) is 33.1. The maximum Gasteiger partial charge on any atom is 0.341 e. The fraction of sp³-hybridized carbons (Fsp3) is 0.222. The quantitative estimate of drug-likeness (QED) is 0.339. The number of hydrogen-bond donors (Lipinski definition) is 2. The van der Waals surface area contributed by atoms with Crippen molar-refractivity contribution in [3.8, 4) is 11.3 Å². The number of anilines is 2. The second kappa shape index (κ2) is 8.89. The number of rotatable bonds is 7. The molecule has 3 N–H and O–H groups in total. The number of aromatic nitrogens is 2. The van der Waals surface area contributed by atoms with E-state index in [1.165, 1.54) is 17.6 Å². The molecule has 0 fully saturated rings. The number of aryl methyl sites for hydroxylation is 1. The third-order valence-corrected chi connectivity index (χ3v) is 5.24. The summed E-state index contributed by atoms with van der Waals surface area (Å²) in [6.07, 6.45) is 1.52. The van der Waals surface area contributed by atoms with Gasteiger partial charge in [-0.25, -0.2) is 14.8 Å². The highest BCUT2D eigenvalue weighted by molar-refractivity contribution is 7.99. The molecule has 3 heterocycles. The topological polar surface area (TPSA) is 120 Å². The summed E-state index contributed by atoms with van der Waals surface area (Å²) in [7, 11) is 0. The van der Waals surface area contributed by atoms with E-state index in [2.05, 4.69) is 15.3 Å². The van der Waals surface area contributed by atoms with Gasteiger partial charge < -0.3 is 20.2 Å². The lowest BCUT2D eigenvalue weighted by molar-refractivity contribution is -0.113. The molecule has 0 aromatic carbocycles. The van der Waals surface area contributed by atoms with Crippen molar-refractivity contribution in [2.45, 2.75) is 19.0 Å². The van der Waals surface area contributed by atoms with E-state index in [0.29, 0.717) is 27.3 Å². The van der Waals surface area contributed by atoms with Crippen molar-refractivity contribution >= 4 is 45.8 Å². The van der Waals surface area contributed by atoms with Crippen molar-refractivity contribution < 1.29 is 18.7 Å². The van der Waals surface area contributed by atoms with Gasteiger partial charge >= 0.3 is 5.97 Å². The van der Waals surface area contributed by atoms with Gasteiger partial charge in [-0.2, -0.15) is 0 Å². The van der Waals surface area contributed by atoms with Crippen LogP contribution in [0.25, 0.3) is 11.3 Å². The Morgan fingerprint density at radius 1 is 1.39 bits per heavy atom. The second-order valence-electron chi connectivity index (χ2n) is 5.60. The molecule has 0 saturated carbocycles. The number of nitrogen functional groups attached to an aromatic ring is 1. The molecule has 0 spiro atoms. The van der Waals surface area contributed by atoms with Crippen LogP contribution in [0.1, 0.15) is 23.0 Å². The summed E-state index contributed by atoms with van der Waals surface area (Å²) in [6.45, 7) is 3.75. The van der Waals surface area contributed by atoms with Gasteiger partial charge in [0.25, 0.3) is 0 Å². The van der Waals surface area contributed by atoms with Crippen LogP contribution in [0.5, 0.6) is 0 Å². The number of carbonyl (C=O) groups is 2. The molecule has 0 aliphatic heterocycles. The van der Waals surface area contributed by atoms with Gasteiger partial charge in [0.1, 0.15) is 22.1 Å². The van der Waals surface area contributed by atoms with Gasteiger partial charge in [-0.05, 0) is 26.0 Å². The molecule has 146 valence electrons. The molecule has 0 aliphatic rings. The van der Waals surface area contributed by atoms with Crippen LogP contribution in [0.2, 0.25) is 0 Å². The number of hydrogen-bond acceptors (Lipinski definition) is 9. The number of thiophene rings is 1. The van der Waals surface area contributed by atoms with Crippen molar-refractivity contribution in [2.24, 2.45) is 0 Å². The van der Waals surface area contributed by atoms with Crippen LogP contribution >= 0.6 is 23.1 Å². The normalized spacial score (nSPS) is 10.6. The zero-order valence-corrected chi connectivity index (χ0v) is 16.9. The number of carbonyl (C=O) groups excluding carboxylic acids is 2. The largest absolute Gasteiger partial charge is 0.464 e. The molecule has 10 heteroatoms. The van der Waals surface area contributed by atoms with Crippen LogP contribution in [0.15, 0.2) is 39.4 Å². The predicted molar refractivity (Wildman–Crippen MR) is 109 cm³/mol. The smallest absolute Gasteiger partial charge is 0.341 e. The molecule has 3 aromatic heterocycles. The molecule has 0 saturated heterocycles. The molecule has 8 nitrogen and oxygen atoms in total. The van der Waals surface area contributed by atoms with E-state index < -0.39 is 5.97 Å². The Balaban J connectivity index is 1.75. The van der Waals surface area contributed by atoms with E-state index in [4.69, 9.17) is 14.9 Å². The third-order valence-electron chi connectivity index (χ3n) is 3.50. The van der Waals surface area contributed by atoms with Crippen LogP contribution in [-0.2, 0) is 9.53 Å². The first-order chi connectivity index (χ1) is 13.5. The SMILES string of the molecule is CCOC(=O)c1c(-c2ccco2)csc1NC(=O)CSc1nc(C)cc(N)n1. The maximum absolute atomic E-state index is 12.4. The summed E-state index contributed by atoms with van der Waals surface area (Å²) in [5.41, 5.74) is 7.27. The summed E-state index contributed by atoms with van der Waals surface area (Å²) in [5.74, 6) is 0.123. The summed E-state index contributed by atoms with van der Waals surface area (Å²) < 4.78 is 10.5. The molecule has 0 bridgehead atoms. The van der Waals surface area contributed by atoms with Gasteiger partial charge in [0.15, 0.2) is 5.16 Å². The lowest BCUT2D eigenvalue weighted by Crippen LogP contribution is -2.16. The number of nitrogens with one attached hydrogen (secondary N) is 1. The van der Waals surface area contributed by atoms with Gasteiger partial charge in [-0.15, -0.1) is 11.3 Å². The molecule has 0 radical (unpaired) electrons. The maximum atomic E-state index is 12.4. The Hall–Kier alpha value is -2.85. The van der Waals surface area contributed by atoms with E-state index in [1.807, 2.05) is 0 Å². The highest BCUT2D eigenvalue weighted by atomic mass is 32.2. The number of amides is 1. The fourth-order valence-electron chi connectivity index (χ4n) is 2.39. The van der Waals surface area contributed by atoms with E-state index >= 15 is 0 Å². The highest BCUT2D eigenvalue weighted by Crippen LogP contribution is 2.36. The Morgan fingerprint density at radius 3 is 2.89 bits per heavy atom. The Kier molecular flexibility index (Phi) is 6.32. The van der Waals surface area contributed by atoms with Crippen LogP contribution in [0, 0.1) is 6.92 Å². The number of thioether (sulfide) groups is 1. The first-order valence-corrected chi connectivity index (χ1v) is 10.2. The molecule has 28 heavy (non-hydrogen) atoms. The van der Waals surface area contributed by atoms with Crippen LogP contribution in [0.4, 0.5) is 10.8 Å². The number of nitrogens with zero attached hydrogens (tertiary/aromatic N) is 2. The number of esters is 1. The second-order valence-corrected chi connectivity index (χ2v) is 7.43. The molecule has 0 atom stereocenters.